The fourth-order valence-electron chi connectivity index (χ4n) is 1.21. The number of hydrogen-bond donors (Lipinski definition) is 1. The van der Waals surface area contributed by atoms with Gasteiger partial charge in [0.1, 0.15) is 0 Å². The molecule has 0 radical (unpaired) electrons. The molecule has 0 saturated heterocycles. The summed E-state index contributed by atoms with van der Waals surface area (Å²) >= 11 is 7.61. The second-order valence-electron chi connectivity index (χ2n) is 3.00. The Hall–Kier alpha value is 0.240. The van der Waals surface area contributed by atoms with Gasteiger partial charge in [0.25, 0.3) is 0 Å². The van der Waals surface area contributed by atoms with E-state index in [4.69, 9.17) is 17.3 Å². The lowest BCUT2D eigenvalue weighted by molar-refractivity contribution is 0.645. The van der Waals surface area contributed by atoms with Crippen molar-refractivity contribution in [3.05, 3.63) is 21.3 Å². The molecule has 2 N–H and O–H groups in total. The summed E-state index contributed by atoms with van der Waals surface area (Å²) in [6, 6.07) is 2.12. The molecule has 12 heavy (non-hydrogen) atoms. The zero-order chi connectivity index (χ0) is 7.84. The van der Waals surface area contributed by atoms with Gasteiger partial charge in [-0.2, -0.15) is 0 Å². The highest BCUT2D eigenvalue weighted by molar-refractivity contribution is 7.10. The molecule has 4 heteroatoms. The van der Waals surface area contributed by atoms with Crippen LogP contribution in [0.3, 0.4) is 0 Å². The average Bonchev–Trinajstić information content (AvgIpc) is 2.74. The summed E-state index contributed by atoms with van der Waals surface area (Å²) in [7, 11) is 0. The predicted molar refractivity (Wildman–Crippen MR) is 56.2 cm³/mol. The molecule has 2 rings (SSSR count). The topological polar surface area (TPSA) is 26.0 Å². The lowest BCUT2D eigenvalue weighted by Gasteiger charge is -2.07. The first-order valence-corrected chi connectivity index (χ1v) is 5.03. The molecule has 1 aromatic heterocycles. The fraction of sp³-hybridized carbons (Fsp3) is 0.500. The van der Waals surface area contributed by atoms with Gasteiger partial charge in [0.05, 0.1) is 5.02 Å². The summed E-state index contributed by atoms with van der Waals surface area (Å²) in [6.45, 7) is 0. The molecule has 1 atom stereocenters. The van der Waals surface area contributed by atoms with Crippen molar-refractivity contribution in [1.29, 1.82) is 0 Å². The molecule has 68 valence electrons. The number of halogens is 2. The minimum atomic E-state index is 0. The van der Waals surface area contributed by atoms with E-state index in [9.17, 15) is 0 Å². The highest BCUT2D eigenvalue weighted by atomic mass is 35.5. The second kappa shape index (κ2) is 3.97. The highest BCUT2D eigenvalue weighted by Crippen LogP contribution is 2.43. The number of nitrogens with two attached hydrogens (primary N) is 1. The first kappa shape index (κ1) is 10.3. The van der Waals surface area contributed by atoms with Gasteiger partial charge in [-0.3, -0.25) is 0 Å². The summed E-state index contributed by atoms with van der Waals surface area (Å²) in [5.74, 6) is 0.700. The molecule has 1 saturated carbocycles. The summed E-state index contributed by atoms with van der Waals surface area (Å²) in [4.78, 5) is 1.16. The van der Waals surface area contributed by atoms with Gasteiger partial charge in [-0.1, -0.05) is 11.6 Å². The van der Waals surface area contributed by atoms with E-state index in [1.54, 1.807) is 11.3 Å². The maximum Gasteiger partial charge on any atom is 0.0561 e. The van der Waals surface area contributed by atoms with Gasteiger partial charge >= 0.3 is 0 Å². The zero-order valence-electron chi connectivity index (χ0n) is 6.50. The van der Waals surface area contributed by atoms with Crippen LogP contribution in [0.5, 0.6) is 0 Å². The molecule has 0 bridgehead atoms. The Morgan fingerprint density at radius 2 is 2.25 bits per heavy atom. The Kier molecular flexibility index (Phi) is 3.41. The first-order chi connectivity index (χ1) is 5.29. The fourth-order valence-corrected chi connectivity index (χ4v) is 2.49. The molecule has 1 fully saturated rings. The van der Waals surface area contributed by atoms with Crippen molar-refractivity contribution in [3.63, 3.8) is 0 Å². The van der Waals surface area contributed by atoms with Crippen molar-refractivity contribution in [2.45, 2.75) is 18.9 Å². The SMILES string of the molecule is Cl.N[C@@H](c1sccc1Cl)C1CC1. The monoisotopic (exact) mass is 223 g/mol. The van der Waals surface area contributed by atoms with E-state index in [-0.39, 0.29) is 18.4 Å². The Balaban J connectivity index is 0.000000720. The minimum absolute atomic E-state index is 0. The van der Waals surface area contributed by atoms with Crippen molar-refractivity contribution in [1.82, 2.24) is 0 Å². The molecule has 1 aliphatic rings. The van der Waals surface area contributed by atoms with E-state index in [2.05, 4.69) is 0 Å². The van der Waals surface area contributed by atoms with Crippen LogP contribution >= 0.6 is 35.3 Å². The summed E-state index contributed by atoms with van der Waals surface area (Å²) < 4.78 is 0. The normalized spacial score (nSPS) is 18.5. The first-order valence-electron chi connectivity index (χ1n) is 3.77. The van der Waals surface area contributed by atoms with Gasteiger partial charge in [-0.25, -0.2) is 0 Å². The predicted octanol–water partition coefficient (Wildman–Crippen LogP) is 3.23. The molecule has 1 nitrogen and oxygen atoms in total. The van der Waals surface area contributed by atoms with Gasteiger partial charge in [0, 0.05) is 10.9 Å². The third kappa shape index (κ3) is 1.94. The average molecular weight is 224 g/mol. The second-order valence-corrected chi connectivity index (χ2v) is 4.35. The van der Waals surface area contributed by atoms with Crippen molar-refractivity contribution >= 4 is 35.3 Å². The maximum atomic E-state index is 5.97. The maximum absolute atomic E-state index is 5.97. The van der Waals surface area contributed by atoms with Crippen LogP contribution < -0.4 is 5.73 Å². The van der Waals surface area contributed by atoms with Crippen molar-refractivity contribution < 1.29 is 0 Å². The quantitative estimate of drug-likeness (QED) is 0.819. The Bertz CT molecular complexity index is 257. The van der Waals surface area contributed by atoms with Crippen LogP contribution in [0, 0.1) is 5.92 Å². The Morgan fingerprint density at radius 1 is 1.58 bits per heavy atom. The third-order valence-electron chi connectivity index (χ3n) is 2.08. The van der Waals surface area contributed by atoms with E-state index in [0.717, 1.165) is 9.90 Å². The van der Waals surface area contributed by atoms with Crippen molar-refractivity contribution in [2.75, 3.05) is 0 Å². The number of rotatable bonds is 2. The van der Waals surface area contributed by atoms with Crippen LogP contribution in [-0.2, 0) is 0 Å². The standard InChI is InChI=1S/C8H10ClNS.ClH/c9-6-3-4-11-8(6)7(10)5-1-2-5;/h3-5,7H,1-2,10H2;1H/t7-;/m1./s1. The summed E-state index contributed by atoms with van der Waals surface area (Å²) in [6.07, 6.45) is 2.55. The molecular formula is C8H11Cl2NS. The van der Waals surface area contributed by atoms with E-state index >= 15 is 0 Å². The zero-order valence-corrected chi connectivity index (χ0v) is 8.88. The van der Waals surface area contributed by atoms with E-state index in [1.165, 1.54) is 12.8 Å². The minimum Gasteiger partial charge on any atom is -0.323 e. The van der Waals surface area contributed by atoms with Crippen LogP contribution in [0.4, 0.5) is 0 Å². The van der Waals surface area contributed by atoms with Crippen LogP contribution in [-0.4, -0.2) is 0 Å². The smallest absolute Gasteiger partial charge is 0.0561 e. The van der Waals surface area contributed by atoms with Gasteiger partial charge < -0.3 is 5.73 Å². The molecule has 0 amide bonds. The van der Waals surface area contributed by atoms with Crippen molar-refractivity contribution in [3.8, 4) is 0 Å². The van der Waals surface area contributed by atoms with E-state index in [0.29, 0.717) is 5.92 Å². The van der Waals surface area contributed by atoms with E-state index < -0.39 is 0 Å². The number of hydrogen-bond acceptors (Lipinski definition) is 2. The summed E-state index contributed by atoms with van der Waals surface area (Å²) in [5.41, 5.74) is 5.97. The number of thiophene rings is 1. The molecule has 0 aromatic carbocycles. The highest BCUT2D eigenvalue weighted by Gasteiger charge is 2.31. The van der Waals surface area contributed by atoms with Gasteiger partial charge in [0.15, 0.2) is 0 Å². The lowest BCUT2D eigenvalue weighted by Crippen LogP contribution is -2.10. The van der Waals surface area contributed by atoms with Gasteiger partial charge in [0.2, 0.25) is 0 Å². The van der Waals surface area contributed by atoms with Crippen LogP contribution in [0.15, 0.2) is 11.4 Å². The Labute approximate surface area is 87.3 Å². The van der Waals surface area contributed by atoms with E-state index in [1.807, 2.05) is 11.4 Å². The molecule has 1 aliphatic carbocycles. The molecule has 0 unspecified atom stereocenters. The van der Waals surface area contributed by atoms with Crippen LogP contribution in [0.1, 0.15) is 23.8 Å². The third-order valence-corrected chi connectivity index (χ3v) is 3.54. The molecule has 1 aromatic rings. The largest absolute Gasteiger partial charge is 0.323 e. The molecular weight excluding hydrogens is 213 g/mol. The Morgan fingerprint density at radius 3 is 2.67 bits per heavy atom. The molecule has 0 spiro atoms. The van der Waals surface area contributed by atoms with Crippen molar-refractivity contribution in [2.24, 2.45) is 11.7 Å². The van der Waals surface area contributed by atoms with Crippen LogP contribution in [0.25, 0.3) is 0 Å². The van der Waals surface area contributed by atoms with Gasteiger partial charge in [-0.15, -0.1) is 23.7 Å². The molecule has 0 aliphatic heterocycles. The van der Waals surface area contributed by atoms with Gasteiger partial charge in [-0.05, 0) is 30.2 Å². The van der Waals surface area contributed by atoms with Crippen LogP contribution in [0.2, 0.25) is 5.02 Å². The summed E-state index contributed by atoms with van der Waals surface area (Å²) in [5, 5.41) is 2.84. The lowest BCUT2D eigenvalue weighted by atomic mass is 10.2. The molecule has 1 heterocycles.